The first-order valence-electron chi connectivity index (χ1n) is 9.10. The highest BCUT2D eigenvalue weighted by molar-refractivity contribution is 7.98. The minimum Gasteiger partial charge on any atom is -0.451 e. The summed E-state index contributed by atoms with van der Waals surface area (Å²) in [7, 11) is 0. The van der Waals surface area contributed by atoms with Crippen molar-refractivity contribution >= 4 is 46.1 Å². The van der Waals surface area contributed by atoms with Gasteiger partial charge in [-0.15, -0.1) is 11.8 Å². The van der Waals surface area contributed by atoms with E-state index in [1.165, 1.54) is 0 Å². The van der Waals surface area contributed by atoms with Gasteiger partial charge in [0.05, 0.1) is 5.02 Å². The fraction of sp³-hybridized carbons (Fsp3) is 0.238. The monoisotopic (exact) mass is 414 g/mol. The molecule has 4 rings (SSSR count). The van der Waals surface area contributed by atoms with Gasteiger partial charge in [-0.2, -0.15) is 0 Å². The number of carbonyl (C=O) groups is 2. The van der Waals surface area contributed by atoms with E-state index in [1.54, 1.807) is 11.8 Å². The molecule has 1 fully saturated rings. The van der Waals surface area contributed by atoms with Crippen LogP contribution in [0.4, 0.5) is 0 Å². The van der Waals surface area contributed by atoms with Crippen molar-refractivity contribution < 1.29 is 14.0 Å². The number of rotatable bonds is 5. The zero-order valence-corrected chi connectivity index (χ0v) is 16.6. The van der Waals surface area contributed by atoms with E-state index in [-0.39, 0.29) is 17.6 Å². The van der Waals surface area contributed by atoms with Gasteiger partial charge in [0.2, 0.25) is 5.91 Å². The second-order valence-corrected chi connectivity index (χ2v) is 8.01. The topological polar surface area (TPSA) is 71.3 Å². The van der Waals surface area contributed by atoms with Gasteiger partial charge >= 0.3 is 0 Å². The third-order valence-electron chi connectivity index (χ3n) is 4.70. The van der Waals surface area contributed by atoms with E-state index in [0.29, 0.717) is 29.3 Å². The Kier molecular flexibility index (Phi) is 5.59. The molecule has 7 heteroatoms. The summed E-state index contributed by atoms with van der Waals surface area (Å²) < 4.78 is 5.87. The van der Waals surface area contributed by atoms with Gasteiger partial charge in [0.1, 0.15) is 11.6 Å². The third kappa shape index (κ3) is 3.88. The molecule has 0 radical (unpaired) electrons. The molecule has 2 aromatic carbocycles. The fourth-order valence-corrected chi connectivity index (χ4v) is 4.54. The lowest BCUT2D eigenvalue weighted by Gasteiger charge is -2.22. The number of furan rings is 1. The Morgan fingerprint density at radius 2 is 2.00 bits per heavy atom. The molecule has 1 aromatic heterocycles. The van der Waals surface area contributed by atoms with Crippen molar-refractivity contribution in [2.45, 2.75) is 29.5 Å². The van der Waals surface area contributed by atoms with Crippen LogP contribution < -0.4 is 10.6 Å². The van der Waals surface area contributed by atoms with Gasteiger partial charge in [-0.25, -0.2) is 0 Å². The SMILES string of the molecule is O=C(N[C@H]1CCCNC1=O)c1oc2ccccc2c1CSc1ccccc1Cl. The van der Waals surface area contributed by atoms with E-state index >= 15 is 0 Å². The molecule has 3 aromatic rings. The highest BCUT2D eigenvalue weighted by Gasteiger charge is 2.27. The van der Waals surface area contributed by atoms with Gasteiger partial charge in [-0.3, -0.25) is 9.59 Å². The van der Waals surface area contributed by atoms with Crippen molar-refractivity contribution in [3.8, 4) is 0 Å². The highest BCUT2D eigenvalue weighted by atomic mass is 35.5. The van der Waals surface area contributed by atoms with Crippen LogP contribution in [0, 0.1) is 0 Å². The first-order valence-corrected chi connectivity index (χ1v) is 10.5. The molecule has 1 aliphatic heterocycles. The van der Waals surface area contributed by atoms with E-state index in [4.69, 9.17) is 16.0 Å². The quantitative estimate of drug-likeness (QED) is 0.607. The number of hydrogen-bond donors (Lipinski definition) is 2. The molecule has 1 atom stereocenters. The van der Waals surface area contributed by atoms with E-state index in [0.717, 1.165) is 22.3 Å². The van der Waals surface area contributed by atoms with Crippen LogP contribution in [-0.2, 0) is 10.5 Å². The fourth-order valence-electron chi connectivity index (χ4n) is 3.27. The van der Waals surface area contributed by atoms with E-state index in [9.17, 15) is 9.59 Å². The number of halogens is 1. The Bertz CT molecular complexity index is 1030. The second kappa shape index (κ2) is 8.29. The zero-order valence-electron chi connectivity index (χ0n) is 15.0. The van der Waals surface area contributed by atoms with Crippen LogP contribution in [0.5, 0.6) is 0 Å². The zero-order chi connectivity index (χ0) is 19.5. The van der Waals surface area contributed by atoms with E-state index < -0.39 is 6.04 Å². The van der Waals surface area contributed by atoms with Crippen LogP contribution in [0.1, 0.15) is 29.0 Å². The number of para-hydroxylation sites is 1. The first kappa shape index (κ1) is 18.9. The summed E-state index contributed by atoms with van der Waals surface area (Å²) in [5.41, 5.74) is 1.45. The summed E-state index contributed by atoms with van der Waals surface area (Å²) in [6, 6.07) is 14.6. The molecular formula is C21H19ClN2O3S. The van der Waals surface area contributed by atoms with Crippen LogP contribution in [0.15, 0.2) is 57.8 Å². The summed E-state index contributed by atoms with van der Waals surface area (Å²) in [5.74, 6) is 0.259. The van der Waals surface area contributed by atoms with Crippen LogP contribution in [0.25, 0.3) is 11.0 Å². The van der Waals surface area contributed by atoms with Gasteiger partial charge in [-0.05, 0) is 31.0 Å². The summed E-state index contributed by atoms with van der Waals surface area (Å²) in [6.45, 7) is 0.648. The minimum absolute atomic E-state index is 0.150. The van der Waals surface area contributed by atoms with E-state index in [1.807, 2.05) is 48.5 Å². The molecule has 1 saturated heterocycles. The molecule has 0 spiro atoms. The van der Waals surface area contributed by atoms with Crippen LogP contribution >= 0.6 is 23.4 Å². The number of piperidine rings is 1. The maximum atomic E-state index is 12.9. The molecule has 144 valence electrons. The van der Waals surface area contributed by atoms with Crippen molar-refractivity contribution in [1.29, 1.82) is 0 Å². The normalized spacial score (nSPS) is 16.8. The van der Waals surface area contributed by atoms with Crippen LogP contribution in [-0.4, -0.2) is 24.4 Å². The van der Waals surface area contributed by atoms with E-state index in [2.05, 4.69) is 10.6 Å². The van der Waals surface area contributed by atoms with Crippen LogP contribution in [0.2, 0.25) is 5.02 Å². The average molecular weight is 415 g/mol. The standard InChI is InChI=1S/C21H19ClN2O3S/c22-15-7-2-4-10-18(15)28-12-14-13-6-1-3-9-17(13)27-19(14)21(26)24-16-8-5-11-23-20(16)25/h1-4,6-7,9-10,16H,5,8,11-12H2,(H,23,25)(H,24,26)/t16-/m0/s1. The van der Waals surface area contributed by atoms with Gasteiger partial charge in [0.15, 0.2) is 5.76 Å². The summed E-state index contributed by atoms with van der Waals surface area (Å²) in [6.07, 6.45) is 1.47. The van der Waals surface area contributed by atoms with Gasteiger partial charge in [0, 0.05) is 28.1 Å². The van der Waals surface area contributed by atoms with Crippen molar-refractivity contribution in [3.63, 3.8) is 0 Å². The molecule has 0 bridgehead atoms. The molecule has 2 heterocycles. The predicted octanol–water partition coefficient (Wildman–Crippen LogP) is 4.39. The molecular weight excluding hydrogens is 396 g/mol. The summed E-state index contributed by atoms with van der Waals surface area (Å²) in [5, 5.41) is 7.16. The van der Waals surface area contributed by atoms with Crippen molar-refractivity contribution in [3.05, 3.63) is 64.9 Å². The number of amides is 2. The lowest BCUT2D eigenvalue weighted by molar-refractivity contribution is -0.124. The van der Waals surface area contributed by atoms with Crippen molar-refractivity contribution in [2.75, 3.05) is 6.54 Å². The second-order valence-electron chi connectivity index (χ2n) is 6.58. The molecule has 0 saturated carbocycles. The predicted molar refractivity (Wildman–Crippen MR) is 111 cm³/mol. The highest BCUT2D eigenvalue weighted by Crippen LogP contribution is 2.34. The molecule has 0 aliphatic carbocycles. The average Bonchev–Trinajstić information content (AvgIpc) is 3.08. The van der Waals surface area contributed by atoms with Gasteiger partial charge in [0.25, 0.3) is 5.91 Å². The Morgan fingerprint density at radius 3 is 2.82 bits per heavy atom. The Balaban J connectivity index is 1.62. The number of thioether (sulfide) groups is 1. The summed E-state index contributed by atoms with van der Waals surface area (Å²) in [4.78, 5) is 25.8. The smallest absolute Gasteiger partial charge is 0.288 e. The summed E-state index contributed by atoms with van der Waals surface area (Å²) >= 11 is 7.81. The largest absolute Gasteiger partial charge is 0.451 e. The minimum atomic E-state index is -0.529. The maximum Gasteiger partial charge on any atom is 0.288 e. The number of fused-ring (bicyclic) bond motifs is 1. The lowest BCUT2D eigenvalue weighted by Crippen LogP contribution is -2.50. The molecule has 5 nitrogen and oxygen atoms in total. The molecule has 2 amide bonds. The van der Waals surface area contributed by atoms with Gasteiger partial charge in [-0.1, -0.05) is 41.9 Å². The Labute approximate surface area is 171 Å². The van der Waals surface area contributed by atoms with Crippen LogP contribution in [0.3, 0.4) is 0 Å². The van der Waals surface area contributed by atoms with Crippen molar-refractivity contribution in [1.82, 2.24) is 10.6 Å². The first-order chi connectivity index (χ1) is 13.6. The lowest BCUT2D eigenvalue weighted by atomic mass is 10.1. The maximum absolute atomic E-state index is 12.9. The number of nitrogens with one attached hydrogen (secondary N) is 2. The van der Waals surface area contributed by atoms with Gasteiger partial charge < -0.3 is 15.1 Å². The number of hydrogen-bond acceptors (Lipinski definition) is 4. The molecule has 2 N–H and O–H groups in total. The number of benzene rings is 2. The van der Waals surface area contributed by atoms with Crippen molar-refractivity contribution in [2.24, 2.45) is 0 Å². The molecule has 1 aliphatic rings. The molecule has 28 heavy (non-hydrogen) atoms. The molecule has 0 unspecified atom stereocenters. The number of carbonyl (C=O) groups excluding carboxylic acids is 2. The Hall–Kier alpha value is -2.44. The Morgan fingerprint density at radius 1 is 1.21 bits per heavy atom. The third-order valence-corrected chi connectivity index (χ3v) is 6.25.